The van der Waals surface area contributed by atoms with Gasteiger partial charge in [-0.25, -0.2) is 9.78 Å². The van der Waals surface area contributed by atoms with Crippen molar-refractivity contribution in [3.63, 3.8) is 0 Å². The van der Waals surface area contributed by atoms with Crippen LogP contribution < -0.4 is 21.3 Å². The predicted octanol–water partition coefficient (Wildman–Crippen LogP) is 5.24. The van der Waals surface area contributed by atoms with Gasteiger partial charge < -0.3 is 45.4 Å². The topological polar surface area (TPSA) is 195 Å². The zero-order chi connectivity index (χ0) is 43.6. The number of ketones is 1. The van der Waals surface area contributed by atoms with E-state index in [0.717, 1.165) is 71.3 Å². The number of carbonyl (C=O) groups is 4. The third-order valence-corrected chi connectivity index (χ3v) is 12.4. The first-order chi connectivity index (χ1) is 29.1. The SMILES string of the molecule is CCc1cc2c(cc1N1CCN(C(=O)CCCN3CC[C@@H](NC(=O)[C@H](CCCn4ccnc4N)NC(=O)OC(C)(C)C)C3)CC1)C(C)(C)c1[nH]c3cc(C#N)ccc3c1C2=O. The normalized spacial score (nSPS) is 18.0. The molecule has 2 fully saturated rings. The van der Waals surface area contributed by atoms with Crippen molar-refractivity contribution < 1.29 is 23.9 Å². The van der Waals surface area contributed by atoms with Gasteiger partial charge in [-0.1, -0.05) is 26.8 Å². The van der Waals surface area contributed by atoms with Gasteiger partial charge in [0.2, 0.25) is 11.8 Å². The van der Waals surface area contributed by atoms with Crippen LogP contribution in [0.5, 0.6) is 0 Å². The zero-order valence-corrected chi connectivity index (χ0v) is 36.4. The molecule has 15 heteroatoms. The summed E-state index contributed by atoms with van der Waals surface area (Å²) in [5, 5.41) is 16.2. The number of likely N-dealkylation sites (tertiary alicyclic amines) is 1. The number of benzene rings is 2. The van der Waals surface area contributed by atoms with Crippen molar-refractivity contribution >= 4 is 46.2 Å². The van der Waals surface area contributed by atoms with Crippen LogP contribution in [0.1, 0.15) is 112 Å². The fourth-order valence-corrected chi connectivity index (χ4v) is 9.13. The van der Waals surface area contributed by atoms with E-state index >= 15 is 0 Å². The molecule has 2 atom stereocenters. The number of aryl methyl sites for hydroxylation is 2. The van der Waals surface area contributed by atoms with E-state index < -0.39 is 23.2 Å². The quantitative estimate of drug-likeness (QED) is 0.138. The second-order valence-electron chi connectivity index (χ2n) is 18.2. The number of carbonyl (C=O) groups excluding carboxylic acids is 4. The molecule has 2 aromatic heterocycles. The molecule has 3 amide bonds. The van der Waals surface area contributed by atoms with Gasteiger partial charge in [0, 0.05) is 104 Å². The van der Waals surface area contributed by atoms with Crippen molar-refractivity contribution in [2.75, 3.05) is 56.4 Å². The third kappa shape index (κ3) is 9.39. The van der Waals surface area contributed by atoms with Crippen molar-refractivity contribution in [2.24, 2.45) is 0 Å². The molecular formula is C46H60N10O5. The van der Waals surface area contributed by atoms with Gasteiger partial charge in [0.25, 0.3) is 0 Å². The van der Waals surface area contributed by atoms with Crippen LogP contribution in [0.4, 0.5) is 16.4 Å². The highest BCUT2D eigenvalue weighted by Crippen LogP contribution is 2.46. The summed E-state index contributed by atoms with van der Waals surface area (Å²) < 4.78 is 7.25. The second-order valence-corrected chi connectivity index (χ2v) is 18.2. The number of hydrogen-bond acceptors (Lipinski definition) is 10. The highest BCUT2D eigenvalue weighted by Gasteiger charge is 2.41. The minimum absolute atomic E-state index is 0.00672. The molecule has 0 radical (unpaired) electrons. The summed E-state index contributed by atoms with van der Waals surface area (Å²) in [5.74, 6) is 0.310. The summed E-state index contributed by atoms with van der Waals surface area (Å²) in [7, 11) is 0. The van der Waals surface area contributed by atoms with E-state index in [9.17, 15) is 24.4 Å². The van der Waals surface area contributed by atoms with E-state index in [4.69, 9.17) is 10.5 Å². The number of alkyl carbamates (subject to hydrolysis) is 1. The lowest BCUT2D eigenvalue weighted by atomic mass is 9.70. The van der Waals surface area contributed by atoms with E-state index in [2.05, 4.69) is 69.4 Å². The Labute approximate surface area is 358 Å². The lowest BCUT2D eigenvalue weighted by Crippen LogP contribution is -2.51. The molecule has 61 heavy (non-hydrogen) atoms. The number of nitrogens with one attached hydrogen (secondary N) is 3. The van der Waals surface area contributed by atoms with E-state index in [1.165, 1.54) is 0 Å². The number of amides is 3. The minimum Gasteiger partial charge on any atom is -0.444 e. The van der Waals surface area contributed by atoms with E-state index in [0.29, 0.717) is 75.6 Å². The lowest BCUT2D eigenvalue weighted by Gasteiger charge is -2.39. The average molecular weight is 833 g/mol. The molecule has 0 spiro atoms. The number of aromatic amines is 1. The Bertz CT molecular complexity index is 2340. The van der Waals surface area contributed by atoms with Crippen LogP contribution in [0.3, 0.4) is 0 Å². The van der Waals surface area contributed by atoms with Gasteiger partial charge in [-0.05, 0) is 94.8 Å². The molecule has 0 saturated carbocycles. The molecule has 0 unspecified atom stereocenters. The van der Waals surface area contributed by atoms with Crippen LogP contribution in [0, 0.1) is 11.3 Å². The Morgan fingerprint density at radius 2 is 1.85 bits per heavy atom. The van der Waals surface area contributed by atoms with Crippen molar-refractivity contribution in [2.45, 2.75) is 110 Å². The largest absolute Gasteiger partial charge is 0.444 e. The Hall–Kier alpha value is -5.88. The van der Waals surface area contributed by atoms with Crippen LogP contribution in [0.2, 0.25) is 0 Å². The Kier molecular flexibility index (Phi) is 12.5. The number of H-pyrrole nitrogens is 1. The molecule has 15 nitrogen and oxygen atoms in total. The molecular weight excluding hydrogens is 773 g/mol. The van der Waals surface area contributed by atoms with Crippen molar-refractivity contribution in [1.82, 2.24) is 35.0 Å². The third-order valence-electron chi connectivity index (χ3n) is 12.4. The number of ether oxygens (including phenoxy) is 1. The van der Waals surface area contributed by atoms with Gasteiger partial charge in [-0.3, -0.25) is 14.4 Å². The summed E-state index contributed by atoms with van der Waals surface area (Å²) in [5.41, 5.74) is 11.6. The molecule has 2 aromatic carbocycles. The van der Waals surface area contributed by atoms with Crippen LogP contribution in [0.15, 0.2) is 42.7 Å². The smallest absolute Gasteiger partial charge is 0.408 e. The molecule has 1 aliphatic carbocycles. The molecule has 2 aliphatic heterocycles. The number of hydrogen-bond donors (Lipinski definition) is 4. The van der Waals surface area contributed by atoms with E-state index in [1.54, 1.807) is 43.8 Å². The Balaban J connectivity index is 0.895. The van der Waals surface area contributed by atoms with Gasteiger partial charge in [0.15, 0.2) is 11.7 Å². The van der Waals surface area contributed by atoms with E-state index in [-0.39, 0.29) is 23.6 Å². The summed E-state index contributed by atoms with van der Waals surface area (Å²) >= 11 is 0. The summed E-state index contributed by atoms with van der Waals surface area (Å²) in [6.45, 7) is 17.2. The molecule has 3 aliphatic rings. The number of nitrogen functional groups attached to an aromatic ring is 1. The molecule has 5 N–H and O–H groups in total. The summed E-state index contributed by atoms with van der Waals surface area (Å²) in [6.07, 6.45) is 6.51. The molecule has 2 saturated heterocycles. The number of nitrogens with two attached hydrogens (primary N) is 1. The summed E-state index contributed by atoms with van der Waals surface area (Å²) in [6, 6.07) is 11.1. The van der Waals surface area contributed by atoms with Crippen LogP contribution in [-0.2, 0) is 32.7 Å². The van der Waals surface area contributed by atoms with Gasteiger partial charge in [0.1, 0.15) is 11.6 Å². The number of piperazine rings is 1. The highest BCUT2D eigenvalue weighted by molar-refractivity contribution is 6.20. The van der Waals surface area contributed by atoms with Gasteiger partial charge in [-0.2, -0.15) is 5.26 Å². The molecule has 7 rings (SSSR count). The molecule has 4 aromatic rings. The number of anilines is 2. The number of aromatic nitrogens is 3. The average Bonchev–Trinajstić information content (AvgIpc) is 3.97. The maximum atomic E-state index is 14.1. The van der Waals surface area contributed by atoms with Gasteiger partial charge in [-0.15, -0.1) is 0 Å². The maximum absolute atomic E-state index is 14.1. The maximum Gasteiger partial charge on any atom is 0.408 e. The first-order valence-electron chi connectivity index (χ1n) is 21.7. The molecule has 0 bridgehead atoms. The number of fused-ring (bicyclic) bond motifs is 4. The number of rotatable bonds is 13. The van der Waals surface area contributed by atoms with Crippen LogP contribution in [-0.4, -0.2) is 112 Å². The molecule has 324 valence electrons. The second kappa shape index (κ2) is 17.6. The van der Waals surface area contributed by atoms with Crippen LogP contribution >= 0.6 is 0 Å². The van der Waals surface area contributed by atoms with Crippen LogP contribution in [0.25, 0.3) is 10.9 Å². The highest BCUT2D eigenvalue weighted by atomic mass is 16.6. The van der Waals surface area contributed by atoms with Crippen molar-refractivity contribution in [1.29, 1.82) is 5.26 Å². The summed E-state index contributed by atoms with van der Waals surface area (Å²) in [4.78, 5) is 67.8. The van der Waals surface area contributed by atoms with Gasteiger partial charge >= 0.3 is 6.09 Å². The van der Waals surface area contributed by atoms with Crippen molar-refractivity contribution in [3.05, 3.63) is 76.2 Å². The standard InChI is InChI=1S/C46H60N10O5/c1-7-30-25-33-34(46(5,6)41-39(40(33)58)32-13-12-29(27-47)24-36(32)51-41)26-37(30)54-20-22-55(23-21-54)38(57)11-9-16-53-18-14-31(28-53)50-42(59)35(52-44(60)61-45(2,3)4)10-8-17-56-19-15-49-43(56)48/h12-13,15,19,24-26,31,35,51H,7-11,14,16-18,20-23,28H2,1-6H3,(H2,48,49)(H,50,59)(H,52,60)/t31-,35+/m1/s1. The minimum atomic E-state index is -0.766. The first-order valence-corrected chi connectivity index (χ1v) is 21.7. The number of nitriles is 1. The predicted molar refractivity (Wildman–Crippen MR) is 234 cm³/mol. The Morgan fingerprint density at radius 3 is 2.54 bits per heavy atom. The van der Waals surface area contributed by atoms with Gasteiger partial charge in [0.05, 0.1) is 17.2 Å². The van der Waals surface area contributed by atoms with Crippen molar-refractivity contribution in [3.8, 4) is 6.07 Å². The number of imidazole rings is 1. The lowest BCUT2D eigenvalue weighted by molar-refractivity contribution is -0.131. The number of nitrogens with zero attached hydrogens (tertiary/aromatic N) is 6. The molecule has 4 heterocycles. The zero-order valence-electron chi connectivity index (χ0n) is 36.4. The van der Waals surface area contributed by atoms with E-state index in [1.807, 2.05) is 17.0 Å². The first kappa shape index (κ1) is 43.2. The Morgan fingerprint density at radius 1 is 1.08 bits per heavy atom. The monoisotopic (exact) mass is 832 g/mol. The fourth-order valence-electron chi connectivity index (χ4n) is 9.13. The fraction of sp³-hybridized carbons (Fsp3) is 0.522.